The van der Waals surface area contributed by atoms with Gasteiger partial charge in [-0.25, -0.2) is 0 Å². The molecule has 0 aliphatic carbocycles. The Balaban J connectivity index is 1.84. The number of hydrogen-bond acceptors (Lipinski definition) is 3. The third kappa shape index (κ3) is 2.90. The highest BCUT2D eigenvalue weighted by Crippen LogP contribution is 2.34. The van der Waals surface area contributed by atoms with Crippen molar-refractivity contribution in [2.75, 3.05) is 24.3 Å². The lowest BCUT2D eigenvalue weighted by Crippen LogP contribution is -2.36. The highest BCUT2D eigenvalue weighted by molar-refractivity contribution is 7.99. The molecular weight excluding hydrogens is 282 g/mol. The average molecular weight is 299 g/mol. The molecule has 1 heterocycles. The minimum atomic E-state index is 0.118. The van der Waals surface area contributed by atoms with Crippen molar-refractivity contribution >= 4 is 23.4 Å². The molecule has 2 aromatic rings. The van der Waals surface area contributed by atoms with Crippen LogP contribution in [0.2, 0.25) is 0 Å². The van der Waals surface area contributed by atoms with E-state index in [1.807, 2.05) is 47.4 Å². The smallest absolute Gasteiger partial charge is 0.231 e. The van der Waals surface area contributed by atoms with Gasteiger partial charge in [0.1, 0.15) is 5.75 Å². The van der Waals surface area contributed by atoms with E-state index in [1.54, 1.807) is 18.9 Å². The van der Waals surface area contributed by atoms with Crippen molar-refractivity contribution in [3.8, 4) is 5.75 Å². The number of nitrogens with zero attached hydrogens (tertiary/aromatic N) is 1. The maximum absolute atomic E-state index is 12.7. The Labute approximate surface area is 128 Å². The summed E-state index contributed by atoms with van der Waals surface area (Å²) in [5.41, 5.74) is 1.95. The fourth-order valence-electron chi connectivity index (χ4n) is 2.54. The normalized spacial score (nSPS) is 13.7. The van der Waals surface area contributed by atoms with Crippen molar-refractivity contribution in [2.24, 2.45) is 0 Å². The van der Waals surface area contributed by atoms with Crippen LogP contribution < -0.4 is 9.64 Å². The third-order valence-electron chi connectivity index (χ3n) is 3.56. The summed E-state index contributed by atoms with van der Waals surface area (Å²) in [5.74, 6) is 1.83. The van der Waals surface area contributed by atoms with E-state index in [0.717, 1.165) is 29.3 Å². The molecule has 0 radical (unpaired) electrons. The van der Waals surface area contributed by atoms with Crippen molar-refractivity contribution < 1.29 is 9.53 Å². The second-order valence-electron chi connectivity index (χ2n) is 4.85. The van der Waals surface area contributed by atoms with Crippen LogP contribution in [0.5, 0.6) is 5.75 Å². The van der Waals surface area contributed by atoms with Crippen molar-refractivity contribution in [1.29, 1.82) is 0 Å². The lowest BCUT2D eigenvalue weighted by atomic mass is 10.1. The molecule has 0 fully saturated rings. The van der Waals surface area contributed by atoms with Gasteiger partial charge in [-0.05, 0) is 18.2 Å². The van der Waals surface area contributed by atoms with Crippen molar-refractivity contribution in [2.45, 2.75) is 11.3 Å². The molecule has 3 rings (SSSR count). The molecule has 1 aliphatic rings. The van der Waals surface area contributed by atoms with Gasteiger partial charge < -0.3 is 9.64 Å². The summed E-state index contributed by atoms with van der Waals surface area (Å²) < 4.78 is 5.33. The molecule has 0 bridgehead atoms. The molecule has 3 nitrogen and oxygen atoms in total. The zero-order valence-corrected chi connectivity index (χ0v) is 12.7. The molecule has 0 saturated carbocycles. The van der Waals surface area contributed by atoms with E-state index < -0.39 is 0 Å². The van der Waals surface area contributed by atoms with Gasteiger partial charge in [0.25, 0.3) is 0 Å². The first-order chi connectivity index (χ1) is 10.3. The molecule has 0 aromatic heterocycles. The number of hydrogen-bond donors (Lipinski definition) is 0. The van der Waals surface area contributed by atoms with E-state index in [4.69, 9.17) is 4.74 Å². The molecule has 0 saturated heterocycles. The number of benzene rings is 2. The topological polar surface area (TPSA) is 29.5 Å². The Kier molecular flexibility index (Phi) is 4.15. The molecule has 2 aromatic carbocycles. The second-order valence-corrected chi connectivity index (χ2v) is 5.99. The maximum Gasteiger partial charge on any atom is 0.231 e. The Hall–Kier alpha value is -1.94. The quantitative estimate of drug-likeness (QED) is 0.870. The van der Waals surface area contributed by atoms with E-state index in [2.05, 4.69) is 6.07 Å². The van der Waals surface area contributed by atoms with Gasteiger partial charge >= 0.3 is 0 Å². The number of para-hydroxylation sites is 2. The highest BCUT2D eigenvalue weighted by Gasteiger charge is 2.23. The molecule has 0 atom stereocenters. The minimum absolute atomic E-state index is 0.118. The zero-order chi connectivity index (χ0) is 14.7. The number of amides is 1. The zero-order valence-electron chi connectivity index (χ0n) is 11.9. The number of rotatable bonds is 3. The number of thioether (sulfide) groups is 1. The summed E-state index contributed by atoms with van der Waals surface area (Å²) in [5, 5.41) is 0. The van der Waals surface area contributed by atoms with E-state index in [1.165, 1.54) is 4.90 Å². The monoisotopic (exact) mass is 299 g/mol. The first-order valence-electron chi connectivity index (χ1n) is 6.93. The summed E-state index contributed by atoms with van der Waals surface area (Å²) >= 11 is 1.81. The first kappa shape index (κ1) is 14.0. The molecule has 21 heavy (non-hydrogen) atoms. The minimum Gasteiger partial charge on any atom is -0.496 e. The van der Waals surface area contributed by atoms with Crippen LogP contribution in [0.25, 0.3) is 0 Å². The molecule has 1 aliphatic heterocycles. The standard InChI is InChI=1S/C17H17NO2S/c1-20-15-8-4-2-6-13(15)12-17(19)18-10-11-21-16-9-5-3-7-14(16)18/h2-9H,10-12H2,1H3. The summed E-state index contributed by atoms with van der Waals surface area (Å²) in [4.78, 5) is 15.7. The van der Waals surface area contributed by atoms with Gasteiger partial charge in [0, 0.05) is 22.8 Å². The van der Waals surface area contributed by atoms with Crippen LogP contribution >= 0.6 is 11.8 Å². The SMILES string of the molecule is COc1ccccc1CC(=O)N1CCSc2ccccc21. The lowest BCUT2D eigenvalue weighted by Gasteiger charge is -2.29. The average Bonchev–Trinajstić information content (AvgIpc) is 2.54. The number of anilines is 1. The number of fused-ring (bicyclic) bond motifs is 1. The predicted molar refractivity (Wildman–Crippen MR) is 86.2 cm³/mol. The summed E-state index contributed by atoms with van der Waals surface area (Å²) in [6.45, 7) is 0.760. The van der Waals surface area contributed by atoms with Gasteiger partial charge in [-0.2, -0.15) is 0 Å². The van der Waals surface area contributed by atoms with Gasteiger partial charge in [-0.15, -0.1) is 11.8 Å². The fraction of sp³-hybridized carbons (Fsp3) is 0.235. The van der Waals surface area contributed by atoms with Crippen LogP contribution in [0.15, 0.2) is 53.4 Å². The molecular formula is C17H17NO2S. The van der Waals surface area contributed by atoms with Gasteiger partial charge in [-0.3, -0.25) is 4.79 Å². The molecule has 0 spiro atoms. The number of carbonyl (C=O) groups is 1. The van der Waals surface area contributed by atoms with Gasteiger partial charge in [0.2, 0.25) is 5.91 Å². The van der Waals surface area contributed by atoms with Crippen LogP contribution in [0, 0.1) is 0 Å². The van der Waals surface area contributed by atoms with Crippen molar-refractivity contribution in [3.63, 3.8) is 0 Å². The fourth-order valence-corrected chi connectivity index (χ4v) is 3.53. The van der Waals surface area contributed by atoms with Crippen LogP contribution in [0.4, 0.5) is 5.69 Å². The molecule has 108 valence electrons. The Morgan fingerprint density at radius 1 is 1.19 bits per heavy atom. The van der Waals surface area contributed by atoms with Gasteiger partial charge in [0.15, 0.2) is 0 Å². The van der Waals surface area contributed by atoms with E-state index in [-0.39, 0.29) is 5.91 Å². The highest BCUT2D eigenvalue weighted by atomic mass is 32.2. The van der Waals surface area contributed by atoms with Crippen molar-refractivity contribution in [1.82, 2.24) is 0 Å². The Morgan fingerprint density at radius 2 is 1.95 bits per heavy atom. The largest absolute Gasteiger partial charge is 0.496 e. The maximum atomic E-state index is 12.7. The number of ether oxygens (including phenoxy) is 1. The summed E-state index contributed by atoms with van der Waals surface area (Å²) in [6.07, 6.45) is 0.364. The number of methoxy groups -OCH3 is 1. The molecule has 0 N–H and O–H groups in total. The summed E-state index contributed by atoms with van der Waals surface area (Å²) in [6, 6.07) is 15.8. The van der Waals surface area contributed by atoms with E-state index in [0.29, 0.717) is 6.42 Å². The molecule has 4 heteroatoms. The van der Waals surface area contributed by atoms with Crippen LogP contribution in [-0.4, -0.2) is 25.3 Å². The Bertz CT molecular complexity index is 657. The first-order valence-corrected chi connectivity index (χ1v) is 7.92. The van der Waals surface area contributed by atoms with Crippen LogP contribution in [0.1, 0.15) is 5.56 Å². The van der Waals surface area contributed by atoms with Crippen LogP contribution in [-0.2, 0) is 11.2 Å². The number of carbonyl (C=O) groups excluding carboxylic acids is 1. The molecule has 1 amide bonds. The predicted octanol–water partition coefficient (Wildman–Crippen LogP) is 3.38. The molecule has 0 unspecified atom stereocenters. The van der Waals surface area contributed by atoms with Crippen LogP contribution in [0.3, 0.4) is 0 Å². The second kappa shape index (κ2) is 6.22. The Morgan fingerprint density at radius 3 is 2.81 bits per heavy atom. The van der Waals surface area contributed by atoms with Crippen molar-refractivity contribution in [3.05, 3.63) is 54.1 Å². The summed E-state index contributed by atoms with van der Waals surface area (Å²) in [7, 11) is 1.64. The van der Waals surface area contributed by atoms with E-state index >= 15 is 0 Å². The lowest BCUT2D eigenvalue weighted by molar-refractivity contribution is -0.118. The van der Waals surface area contributed by atoms with E-state index in [9.17, 15) is 4.79 Å². The van der Waals surface area contributed by atoms with Gasteiger partial charge in [-0.1, -0.05) is 30.3 Å². The van der Waals surface area contributed by atoms with Gasteiger partial charge in [0.05, 0.1) is 19.2 Å². The third-order valence-corrected chi connectivity index (χ3v) is 4.61.